The maximum Gasteiger partial charge on any atom is 0.335 e. The smallest absolute Gasteiger partial charge is 0.335 e. The fourth-order valence-corrected chi connectivity index (χ4v) is 15.1. The van der Waals surface area contributed by atoms with Crippen molar-refractivity contribution in [1.29, 1.82) is 0 Å². The lowest BCUT2D eigenvalue weighted by molar-refractivity contribution is -0.382. The van der Waals surface area contributed by atoms with Crippen LogP contribution in [-0.4, -0.2) is 180 Å². The van der Waals surface area contributed by atoms with Gasteiger partial charge >= 0.3 is 11.9 Å². The molecule has 11 N–H and O–H groups in total. The average Bonchev–Trinajstić information content (AvgIpc) is 3.27. The molecule has 0 spiro atoms. The lowest BCUT2D eigenvalue weighted by Gasteiger charge is -2.71. The van der Waals surface area contributed by atoms with E-state index in [0.717, 1.165) is 38.5 Å². The van der Waals surface area contributed by atoms with Crippen molar-refractivity contribution in [2.75, 3.05) is 13.2 Å². The second-order valence-electron chi connectivity index (χ2n) is 23.3. The van der Waals surface area contributed by atoms with Crippen molar-refractivity contribution in [3.05, 3.63) is 11.6 Å². The number of aliphatic hydroxyl groups excluding tert-OH is 9. The van der Waals surface area contributed by atoms with Crippen LogP contribution in [0, 0.1) is 50.2 Å². The fourth-order valence-electron chi connectivity index (χ4n) is 15.1. The van der Waals surface area contributed by atoms with Crippen LogP contribution in [0.5, 0.6) is 0 Å². The third-order valence-corrected chi connectivity index (χ3v) is 19.4. The number of aliphatic hydroxyl groups is 9. The SMILES string of the molecule is C[C@@H]1O[C@@H](O[C@H]2[C@@H](O)[C@@H](CO)O[C@@H](O[C@@H]3[C@@H](O)[C@H](O[C@H]4CC[C@@]5(C)[C@@H](CC[C@]6(C)[C@@H]5CC=C5[C@@H]7CC(C)(C)CC[C@]7(C(=O)O)CC[C@]56C)[C@]4(C)CO)O[C@H](C(=O)O)[C@H]3O)[C@@H]2O)[C@H](O)[C@H](O)[C@H]1O. The van der Waals surface area contributed by atoms with Crippen LogP contribution >= 0.6 is 0 Å². The van der Waals surface area contributed by atoms with Crippen LogP contribution in [-0.2, 0) is 38.0 Å². The minimum atomic E-state index is -2.08. The summed E-state index contributed by atoms with van der Waals surface area (Å²) in [6, 6.07) is 0. The first kappa shape index (κ1) is 51.4. The largest absolute Gasteiger partial charge is 0.481 e. The molecule has 4 saturated carbocycles. The maximum atomic E-state index is 13.1. The van der Waals surface area contributed by atoms with Crippen molar-refractivity contribution in [2.45, 2.75) is 211 Å². The Morgan fingerprint density at radius 1 is 0.672 bits per heavy atom. The average molecular weight is 957 g/mol. The van der Waals surface area contributed by atoms with Crippen molar-refractivity contribution in [3.63, 3.8) is 0 Å². The standard InChI is InChI=1S/C48H76O19/c1-21-28(51)30(53)31(54)39(62-21)65-35-29(52)24(19-49)63-40(33(35)56)66-36-32(55)37(38(58)59)67-41(34(36)57)64-27-11-12-44(4)25(45(27,5)20-50)10-13-47(7)26(44)9-8-22-23-18-43(2,3)14-16-48(23,42(60)61)17-15-46(22,47)6/h8,21,23-37,39-41,49-57H,9-20H2,1-7H3,(H,58,59)(H,60,61)/t21-,23-,24+,25+,26+,27-,28-,29-,30+,31+,32-,33+,34+,35-,36-,37-,39-,40-,41+,44-,45-,46+,47+,48-/m0/s1. The number of aliphatic carboxylic acids is 2. The molecule has 382 valence electrons. The number of allylic oxidation sites excluding steroid dienone is 2. The van der Waals surface area contributed by atoms with Gasteiger partial charge in [0.1, 0.15) is 61.0 Å². The molecule has 3 heterocycles. The van der Waals surface area contributed by atoms with Crippen LogP contribution in [0.2, 0.25) is 0 Å². The Balaban J connectivity index is 1.02. The third-order valence-electron chi connectivity index (χ3n) is 19.4. The molecule has 0 aromatic rings. The minimum Gasteiger partial charge on any atom is -0.481 e. The van der Waals surface area contributed by atoms with Crippen molar-refractivity contribution >= 4 is 11.9 Å². The monoisotopic (exact) mass is 956 g/mol. The molecule has 3 saturated heterocycles. The van der Waals surface area contributed by atoms with Gasteiger partial charge in [0.15, 0.2) is 25.0 Å². The summed E-state index contributed by atoms with van der Waals surface area (Å²) in [6.07, 6.45) is -17.7. The number of carboxylic acid groups (broad SMARTS) is 2. The molecule has 7 fully saturated rings. The lowest BCUT2D eigenvalue weighted by Crippen LogP contribution is -2.68. The van der Waals surface area contributed by atoms with Gasteiger partial charge in [-0.3, -0.25) is 4.79 Å². The van der Waals surface area contributed by atoms with Crippen molar-refractivity contribution in [2.24, 2.45) is 50.2 Å². The molecule has 19 nitrogen and oxygen atoms in total. The third kappa shape index (κ3) is 7.97. The Labute approximate surface area is 391 Å². The minimum absolute atomic E-state index is 0.0259. The molecular formula is C48H76O19. The van der Waals surface area contributed by atoms with Crippen LogP contribution < -0.4 is 0 Å². The number of ether oxygens (including phenoxy) is 6. The zero-order valence-electron chi connectivity index (χ0n) is 39.7. The second kappa shape index (κ2) is 18.0. The van der Waals surface area contributed by atoms with Gasteiger partial charge < -0.3 is 84.6 Å². The lowest BCUT2D eigenvalue weighted by atomic mass is 9.33. The summed E-state index contributed by atoms with van der Waals surface area (Å²) in [5.74, 6) is -2.28. The van der Waals surface area contributed by atoms with Crippen molar-refractivity contribution < 1.29 is 94.2 Å². The van der Waals surface area contributed by atoms with Gasteiger partial charge in [-0.2, -0.15) is 0 Å². The van der Waals surface area contributed by atoms with E-state index in [0.29, 0.717) is 25.7 Å². The van der Waals surface area contributed by atoms with Gasteiger partial charge in [-0.1, -0.05) is 53.2 Å². The van der Waals surface area contributed by atoms with Gasteiger partial charge in [-0.15, -0.1) is 0 Å². The zero-order chi connectivity index (χ0) is 49.1. The molecule has 67 heavy (non-hydrogen) atoms. The molecule has 5 aliphatic carbocycles. The van der Waals surface area contributed by atoms with Crippen LogP contribution in [0.15, 0.2) is 11.6 Å². The van der Waals surface area contributed by atoms with E-state index >= 15 is 0 Å². The normalized spacial score (nSPS) is 54.1. The van der Waals surface area contributed by atoms with Crippen LogP contribution in [0.3, 0.4) is 0 Å². The van der Waals surface area contributed by atoms with Gasteiger partial charge in [0.05, 0.1) is 30.8 Å². The quantitative estimate of drug-likeness (QED) is 0.107. The van der Waals surface area contributed by atoms with Crippen molar-refractivity contribution in [3.8, 4) is 0 Å². The topological polar surface area (TPSA) is 312 Å². The molecule has 3 aliphatic heterocycles. The number of hydrogen-bond donors (Lipinski definition) is 11. The van der Waals surface area contributed by atoms with Gasteiger partial charge in [-0.05, 0) is 111 Å². The van der Waals surface area contributed by atoms with Crippen LogP contribution in [0.25, 0.3) is 0 Å². The molecule has 19 heteroatoms. The molecule has 0 aromatic heterocycles. The summed E-state index contributed by atoms with van der Waals surface area (Å²) in [5.41, 5.74) is -1.10. The number of hydrogen-bond acceptors (Lipinski definition) is 17. The summed E-state index contributed by atoms with van der Waals surface area (Å²) in [6.45, 7) is 13.7. The molecule has 0 bridgehead atoms. The number of carboxylic acids is 2. The molecule has 8 aliphatic rings. The highest BCUT2D eigenvalue weighted by Gasteiger charge is 2.70. The van der Waals surface area contributed by atoms with E-state index in [-0.39, 0.29) is 46.0 Å². The van der Waals surface area contributed by atoms with Gasteiger partial charge in [-0.25, -0.2) is 4.79 Å². The van der Waals surface area contributed by atoms with E-state index < -0.39 is 128 Å². The molecule has 0 radical (unpaired) electrons. The molecule has 0 aromatic carbocycles. The van der Waals surface area contributed by atoms with Crippen molar-refractivity contribution in [1.82, 2.24) is 0 Å². The summed E-state index contributed by atoms with van der Waals surface area (Å²) in [4.78, 5) is 25.7. The van der Waals surface area contributed by atoms with Crippen LogP contribution in [0.1, 0.15) is 113 Å². The molecule has 0 unspecified atom stereocenters. The number of fused-ring (bicyclic) bond motifs is 7. The summed E-state index contributed by atoms with van der Waals surface area (Å²) in [7, 11) is 0. The summed E-state index contributed by atoms with van der Waals surface area (Å²) in [5, 5.41) is 119. The maximum absolute atomic E-state index is 13.1. The van der Waals surface area contributed by atoms with Gasteiger partial charge in [0.2, 0.25) is 0 Å². The van der Waals surface area contributed by atoms with E-state index in [1.54, 1.807) is 0 Å². The molecule has 0 amide bonds. The Bertz CT molecular complexity index is 1880. The Hall–Kier alpha value is -1.92. The molecular weight excluding hydrogens is 881 g/mol. The van der Waals surface area contributed by atoms with Crippen LogP contribution in [0.4, 0.5) is 0 Å². The van der Waals surface area contributed by atoms with E-state index in [9.17, 15) is 65.8 Å². The predicted octanol–water partition coefficient (Wildman–Crippen LogP) is 0.799. The highest BCUT2D eigenvalue weighted by atomic mass is 16.8. The Morgan fingerprint density at radius 3 is 1.90 bits per heavy atom. The first-order chi connectivity index (χ1) is 31.2. The first-order valence-electron chi connectivity index (χ1n) is 24.3. The van der Waals surface area contributed by atoms with E-state index in [4.69, 9.17) is 28.4 Å². The molecule has 8 rings (SSSR count). The van der Waals surface area contributed by atoms with E-state index in [1.165, 1.54) is 12.5 Å². The first-order valence-corrected chi connectivity index (χ1v) is 24.3. The van der Waals surface area contributed by atoms with Gasteiger partial charge in [0, 0.05) is 5.41 Å². The highest BCUT2D eigenvalue weighted by Crippen LogP contribution is 2.76. The molecule has 24 atom stereocenters. The Kier molecular flexibility index (Phi) is 13.8. The Morgan fingerprint density at radius 2 is 1.28 bits per heavy atom. The predicted molar refractivity (Wildman–Crippen MR) is 231 cm³/mol. The number of rotatable bonds is 10. The van der Waals surface area contributed by atoms with Gasteiger partial charge in [0.25, 0.3) is 0 Å². The van der Waals surface area contributed by atoms with E-state index in [1.807, 2.05) is 6.92 Å². The fraction of sp³-hybridized carbons (Fsp3) is 0.917. The highest BCUT2D eigenvalue weighted by molar-refractivity contribution is 5.76. The number of carbonyl (C=O) groups is 2. The zero-order valence-corrected chi connectivity index (χ0v) is 39.7. The van der Waals surface area contributed by atoms with E-state index in [2.05, 4.69) is 40.7 Å². The summed E-state index contributed by atoms with van der Waals surface area (Å²) >= 11 is 0. The summed E-state index contributed by atoms with van der Waals surface area (Å²) < 4.78 is 35.1. The second-order valence-corrected chi connectivity index (χ2v) is 23.3.